The van der Waals surface area contributed by atoms with E-state index in [1.165, 1.54) is 17.1 Å². The Hall–Kier alpha value is -2.59. The molecule has 0 aliphatic heterocycles. The molecule has 3 N–H and O–H groups in total. The predicted molar refractivity (Wildman–Crippen MR) is 93.7 cm³/mol. The summed E-state index contributed by atoms with van der Waals surface area (Å²) >= 11 is 1.11. The van der Waals surface area contributed by atoms with Crippen molar-refractivity contribution in [2.24, 2.45) is 12.2 Å². The molecule has 0 unspecified atom stereocenters. The highest BCUT2D eigenvalue weighted by atomic mass is 32.2. The van der Waals surface area contributed by atoms with E-state index in [-0.39, 0.29) is 17.2 Å². The second kappa shape index (κ2) is 6.96. The molecule has 0 bridgehead atoms. The first-order chi connectivity index (χ1) is 12.3. The van der Waals surface area contributed by atoms with Gasteiger partial charge in [-0.2, -0.15) is 18.3 Å². The van der Waals surface area contributed by atoms with Gasteiger partial charge >= 0.3 is 6.18 Å². The molecule has 6 nitrogen and oxygen atoms in total. The van der Waals surface area contributed by atoms with Crippen LogP contribution in [0.5, 0.6) is 0 Å². The number of benzene rings is 1. The lowest BCUT2D eigenvalue weighted by molar-refractivity contribution is -0.137. The van der Waals surface area contributed by atoms with Gasteiger partial charge in [0.15, 0.2) is 0 Å². The number of hydrogen-bond donors (Lipinski definition) is 2. The standard InChI is InChI=1S/C16H15F3N6S/c1-9-5-11(26-20)3-4-13(9)23-15-21-7-12(16(17,18)19)14(24-15)10-6-22-25(2)8-10/h3-8H,20H2,1-2H3,(H,21,23,24). The van der Waals surface area contributed by atoms with E-state index in [1.807, 2.05) is 13.0 Å². The largest absolute Gasteiger partial charge is 0.419 e. The third-order valence-corrected chi connectivity index (χ3v) is 4.18. The fourth-order valence-electron chi connectivity index (χ4n) is 2.38. The van der Waals surface area contributed by atoms with Crippen molar-refractivity contribution < 1.29 is 13.2 Å². The summed E-state index contributed by atoms with van der Waals surface area (Å²) in [5.41, 5.74) is 0.668. The Labute approximate surface area is 151 Å². The molecule has 0 amide bonds. The second-order valence-electron chi connectivity index (χ2n) is 5.58. The Kier molecular flexibility index (Phi) is 4.88. The topological polar surface area (TPSA) is 81.6 Å². The first-order valence-corrected chi connectivity index (χ1v) is 8.33. The summed E-state index contributed by atoms with van der Waals surface area (Å²) < 4.78 is 41.3. The smallest absolute Gasteiger partial charge is 0.324 e. The molecule has 0 fully saturated rings. The number of nitrogens with zero attached hydrogens (tertiary/aromatic N) is 4. The molecule has 3 aromatic rings. The third kappa shape index (κ3) is 3.81. The van der Waals surface area contributed by atoms with Crippen molar-refractivity contribution in [3.63, 3.8) is 0 Å². The molecule has 0 radical (unpaired) electrons. The minimum Gasteiger partial charge on any atom is -0.324 e. The zero-order valence-corrected chi connectivity index (χ0v) is 14.7. The van der Waals surface area contributed by atoms with E-state index in [0.717, 1.165) is 28.6 Å². The van der Waals surface area contributed by atoms with E-state index in [9.17, 15) is 13.2 Å². The highest BCUT2D eigenvalue weighted by Crippen LogP contribution is 2.36. The lowest BCUT2D eigenvalue weighted by atomic mass is 10.1. The zero-order chi connectivity index (χ0) is 18.9. The second-order valence-corrected chi connectivity index (χ2v) is 6.28. The molecular formula is C16H15F3N6S. The van der Waals surface area contributed by atoms with Crippen molar-refractivity contribution in [2.75, 3.05) is 5.32 Å². The molecule has 0 saturated heterocycles. The monoisotopic (exact) mass is 380 g/mol. The molecule has 3 rings (SSSR count). The summed E-state index contributed by atoms with van der Waals surface area (Å²) in [6.45, 7) is 1.86. The van der Waals surface area contributed by atoms with Gasteiger partial charge in [-0.05, 0) is 42.6 Å². The molecule has 26 heavy (non-hydrogen) atoms. The number of hydrogen-bond acceptors (Lipinski definition) is 6. The first kappa shape index (κ1) is 18.2. The lowest BCUT2D eigenvalue weighted by Crippen LogP contribution is -2.11. The normalized spacial score (nSPS) is 11.6. The Morgan fingerprint density at radius 2 is 2.00 bits per heavy atom. The number of nitrogens with two attached hydrogens (primary N) is 1. The maximum Gasteiger partial charge on any atom is 0.419 e. The fourth-order valence-corrected chi connectivity index (χ4v) is 2.77. The van der Waals surface area contributed by atoms with Crippen molar-refractivity contribution in [3.05, 3.63) is 47.9 Å². The number of aryl methyl sites for hydroxylation is 2. The van der Waals surface area contributed by atoms with E-state index in [1.54, 1.807) is 19.2 Å². The summed E-state index contributed by atoms with van der Waals surface area (Å²) in [5, 5.41) is 12.4. The average Bonchev–Trinajstić information content (AvgIpc) is 3.02. The average molecular weight is 380 g/mol. The van der Waals surface area contributed by atoms with Crippen LogP contribution in [-0.4, -0.2) is 19.7 Å². The van der Waals surface area contributed by atoms with E-state index >= 15 is 0 Å². The van der Waals surface area contributed by atoms with Crippen molar-refractivity contribution >= 4 is 23.6 Å². The lowest BCUT2D eigenvalue weighted by Gasteiger charge is -2.13. The zero-order valence-electron chi connectivity index (χ0n) is 13.9. The van der Waals surface area contributed by atoms with Crippen LogP contribution in [0.4, 0.5) is 24.8 Å². The number of alkyl halides is 3. The Morgan fingerprint density at radius 1 is 1.23 bits per heavy atom. The number of rotatable bonds is 4. The summed E-state index contributed by atoms with van der Waals surface area (Å²) in [5.74, 6) is 0.0631. The third-order valence-electron chi connectivity index (χ3n) is 3.65. The van der Waals surface area contributed by atoms with Crippen LogP contribution in [0.15, 0.2) is 41.7 Å². The molecule has 2 heterocycles. The van der Waals surface area contributed by atoms with Gasteiger partial charge in [-0.3, -0.25) is 9.82 Å². The van der Waals surface area contributed by atoms with Crippen LogP contribution in [0.25, 0.3) is 11.3 Å². The van der Waals surface area contributed by atoms with Gasteiger partial charge in [0.1, 0.15) is 5.56 Å². The van der Waals surface area contributed by atoms with Crippen LogP contribution >= 0.6 is 11.9 Å². The summed E-state index contributed by atoms with van der Waals surface area (Å²) in [4.78, 5) is 8.77. The molecule has 0 aliphatic carbocycles. The minimum absolute atomic E-state index is 0.0631. The number of nitrogens with one attached hydrogen (secondary N) is 1. The maximum absolute atomic E-state index is 13.3. The molecular weight excluding hydrogens is 365 g/mol. The quantitative estimate of drug-likeness (QED) is 0.668. The highest BCUT2D eigenvalue weighted by molar-refractivity contribution is 7.97. The van der Waals surface area contributed by atoms with Crippen LogP contribution in [0, 0.1) is 6.92 Å². The fraction of sp³-hybridized carbons (Fsp3) is 0.188. The van der Waals surface area contributed by atoms with Gasteiger partial charge in [0.25, 0.3) is 0 Å². The number of aromatic nitrogens is 4. The summed E-state index contributed by atoms with van der Waals surface area (Å²) in [6.07, 6.45) is -0.990. The van der Waals surface area contributed by atoms with E-state index in [0.29, 0.717) is 5.69 Å². The van der Waals surface area contributed by atoms with Gasteiger partial charge in [-0.15, -0.1) is 0 Å². The Morgan fingerprint density at radius 3 is 2.58 bits per heavy atom. The summed E-state index contributed by atoms with van der Waals surface area (Å²) in [7, 11) is 1.62. The molecule has 0 saturated carbocycles. The minimum atomic E-state index is -4.57. The van der Waals surface area contributed by atoms with Crippen molar-refractivity contribution in [2.45, 2.75) is 18.0 Å². The van der Waals surface area contributed by atoms with Gasteiger partial charge < -0.3 is 5.32 Å². The highest BCUT2D eigenvalue weighted by Gasteiger charge is 2.35. The maximum atomic E-state index is 13.3. The molecule has 1 aromatic carbocycles. The number of halogens is 3. The Balaban J connectivity index is 2.02. The molecule has 10 heteroatoms. The predicted octanol–water partition coefficient (Wildman–Crippen LogP) is 3.91. The van der Waals surface area contributed by atoms with Crippen LogP contribution in [-0.2, 0) is 13.2 Å². The molecule has 2 aromatic heterocycles. The van der Waals surface area contributed by atoms with Crippen molar-refractivity contribution in [1.82, 2.24) is 19.7 Å². The van der Waals surface area contributed by atoms with Gasteiger partial charge in [-0.1, -0.05) is 0 Å². The van der Waals surface area contributed by atoms with Crippen molar-refractivity contribution in [3.8, 4) is 11.3 Å². The van der Waals surface area contributed by atoms with Crippen molar-refractivity contribution in [1.29, 1.82) is 0 Å². The first-order valence-electron chi connectivity index (χ1n) is 7.45. The Bertz CT molecular complexity index is 938. The molecule has 0 atom stereocenters. The molecule has 0 aliphatic rings. The van der Waals surface area contributed by atoms with E-state index < -0.39 is 11.7 Å². The van der Waals surface area contributed by atoms with Crippen LogP contribution in [0.2, 0.25) is 0 Å². The van der Waals surface area contributed by atoms with Gasteiger partial charge in [0.2, 0.25) is 5.95 Å². The van der Waals surface area contributed by atoms with E-state index in [2.05, 4.69) is 20.4 Å². The van der Waals surface area contributed by atoms with E-state index in [4.69, 9.17) is 5.14 Å². The van der Waals surface area contributed by atoms with Gasteiger partial charge in [0.05, 0.1) is 11.9 Å². The number of anilines is 2. The van der Waals surface area contributed by atoms with Crippen LogP contribution in [0.1, 0.15) is 11.1 Å². The molecule has 136 valence electrons. The van der Waals surface area contributed by atoms with Crippen LogP contribution < -0.4 is 10.5 Å². The van der Waals surface area contributed by atoms with Crippen LogP contribution in [0.3, 0.4) is 0 Å². The van der Waals surface area contributed by atoms with Gasteiger partial charge in [-0.25, -0.2) is 9.97 Å². The molecule has 0 spiro atoms. The SMILES string of the molecule is Cc1cc(SN)ccc1Nc1ncc(C(F)(F)F)c(-c2cnn(C)c2)n1. The summed E-state index contributed by atoms with van der Waals surface area (Å²) in [6, 6.07) is 5.43. The van der Waals surface area contributed by atoms with Gasteiger partial charge in [0, 0.05) is 35.6 Å².